The third-order valence-electron chi connectivity index (χ3n) is 4.49. The minimum Gasteiger partial charge on any atom is -0.502 e. The van der Waals surface area contributed by atoms with Crippen molar-refractivity contribution < 1.29 is 29.0 Å². The molecule has 2 aromatic carbocycles. The van der Waals surface area contributed by atoms with Gasteiger partial charge in [-0.25, -0.2) is 4.79 Å². The van der Waals surface area contributed by atoms with Crippen LogP contribution in [0.1, 0.15) is 34.8 Å². The number of ether oxygens (including phenoxy) is 2. The van der Waals surface area contributed by atoms with Crippen LogP contribution in [-0.4, -0.2) is 41.5 Å². The van der Waals surface area contributed by atoms with E-state index in [0.29, 0.717) is 29.0 Å². The summed E-state index contributed by atoms with van der Waals surface area (Å²) in [7, 11) is 1.52. The minimum atomic E-state index is -0.757. The molecule has 29 heavy (non-hydrogen) atoms. The number of imide groups is 1. The van der Waals surface area contributed by atoms with Crippen molar-refractivity contribution in [3.05, 3.63) is 71.0 Å². The number of aliphatic hydroxyl groups excluding tert-OH is 1. The molecule has 1 heterocycles. The van der Waals surface area contributed by atoms with Gasteiger partial charge in [-0.2, -0.15) is 0 Å². The van der Waals surface area contributed by atoms with Crippen molar-refractivity contribution in [2.45, 2.75) is 19.9 Å². The maximum atomic E-state index is 12.8. The molecule has 3 rings (SSSR count). The Morgan fingerprint density at radius 2 is 1.66 bits per heavy atom. The van der Waals surface area contributed by atoms with Gasteiger partial charge in [0.15, 0.2) is 5.76 Å². The number of methoxy groups -OCH3 is 1. The first-order valence-corrected chi connectivity index (χ1v) is 9.16. The van der Waals surface area contributed by atoms with Crippen LogP contribution in [0.25, 0.3) is 5.57 Å². The van der Waals surface area contributed by atoms with Gasteiger partial charge in [0.25, 0.3) is 11.8 Å². The fraction of sp³-hybridized carbons (Fsp3) is 0.227. The fourth-order valence-corrected chi connectivity index (χ4v) is 2.93. The first-order chi connectivity index (χ1) is 14.0. The molecular formula is C22H21NO6. The van der Waals surface area contributed by atoms with E-state index >= 15 is 0 Å². The maximum Gasteiger partial charge on any atom is 0.338 e. The van der Waals surface area contributed by atoms with Gasteiger partial charge < -0.3 is 14.6 Å². The zero-order valence-corrected chi connectivity index (χ0v) is 16.2. The quantitative estimate of drug-likeness (QED) is 0.572. The predicted molar refractivity (Wildman–Crippen MR) is 105 cm³/mol. The van der Waals surface area contributed by atoms with Crippen molar-refractivity contribution in [3.8, 4) is 5.75 Å². The number of carbonyl (C=O) groups excluding carboxylic acids is 3. The highest BCUT2D eigenvalue weighted by atomic mass is 16.5. The van der Waals surface area contributed by atoms with Crippen LogP contribution < -0.4 is 4.74 Å². The summed E-state index contributed by atoms with van der Waals surface area (Å²) in [5, 5.41) is 10.2. The number of benzene rings is 2. The van der Waals surface area contributed by atoms with Gasteiger partial charge in [0, 0.05) is 0 Å². The standard InChI is InChI=1S/C22H21NO6/c1-3-12-29-22(27)16-6-4-14(5-7-16)13-23-20(25)18(19(24)21(23)26)15-8-10-17(28-2)11-9-15/h4-11,24H,3,12-13H2,1-2H3. The molecule has 0 radical (unpaired) electrons. The SMILES string of the molecule is CCCOC(=O)c1ccc(CN2C(=O)C(O)=C(c3ccc(OC)cc3)C2=O)cc1. The third kappa shape index (κ3) is 4.13. The van der Waals surface area contributed by atoms with Crippen LogP contribution >= 0.6 is 0 Å². The van der Waals surface area contributed by atoms with Crippen LogP contribution in [0.15, 0.2) is 54.3 Å². The van der Waals surface area contributed by atoms with Crippen LogP contribution in [0.2, 0.25) is 0 Å². The molecule has 150 valence electrons. The first kappa shape index (κ1) is 20.1. The van der Waals surface area contributed by atoms with Gasteiger partial charge >= 0.3 is 5.97 Å². The summed E-state index contributed by atoms with van der Waals surface area (Å²) < 4.78 is 10.2. The summed E-state index contributed by atoms with van der Waals surface area (Å²) in [6.07, 6.45) is 0.732. The molecule has 7 heteroatoms. The van der Waals surface area contributed by atoms with Gasteiger partial charge in [-0.05, 0) is 41.8 Å². The lowest BCUT2D eigenvalue weighted by molar-refractivity contribution is -0.138. The molecule has 1 N–H and O–H groups in total. The van der Waals surface area contributed by atoms with Crippen molar-refractivity contribution in [2.75, 3.05) is 13.7 Å². The molecule has 0 fully saturated rings. The lowest BCUT2D eigenvalue weighted by Gasteiger charge is -2.15. The molecule has 1 aliphatic heterocycles. The van der Waals surface area contributed by atoms with Crippen LogP contribution in [0, 0.1) is 0 Å². The Balaban J connectivity index is 1.75. The van der Waals surface area contributed by atoms with Gasteiger partial charge in [0.2, 0.25) is 0 Å². The molecule has 0 atom stereocenters. The molecule has 0 spiro atoms. The summed E-state index contributed by atoms with van der Waals surface area (Å²) in [4.78, 5) is 38.0. The van der Waals surface area contributed by atoms with Gasteiger partial charge in [-0.15, -0.1) is 0 Å². The lowest BCUT2D eigenvalue weighted by Crippen LogP contribution is -2.31. The Morgan fingerprint density at radius 3 is 2.24 bits per heavy atom. The van der Waals surface area contributed by atoms with E-state index in [1.165, 1.54) is 7.11 Å². The summed E-state index contributed by atoms with van der Waals surface area (Å²) in [5.74, 6) is -1.75. The molecule has 0 aromatic heterocycles. The Labute approximate surface area is 168 Å². The van der Waals surface area contributed by atoms with Crippen molar-refractivity contribution >= 4 is 23.4 Å². The first-order valence-electron chi connectivity index (χ1n) is 9.16. The van der Waals surface area contributed by atoms with E-state index in [1.807, 2.05) is 6.92 Å². The summed E-state index contributed by atoms with van der Waals surface area (Å²) in [6.45, 7) is 2.23. The highest BCUT2D eigenvalue weighted by molar-refractivity contribution is 6.34. The average molecular weight is 395 g/mol. The van der Waals surface area contributed by atoms with Crippen molar-refractivity contribution in [1.82, 2.24) is 4.90 Å². The lowest BCUT2D eigenvalue weighted by atomic mass is 10.1. The fourth-order valence-electron chi connectivity index (χ4n) is 2.93. The highest BCUT2D eigenvalue weighted by Gasteiger charge is 2.39. The Bertz CT molecular complexity index is 960. The molecule has 0 unspecified atom stereocenters. The van der Waals surface area contributed by atoms with Crippen molar-refractivity contribution in [3.63, 3.8) is 0 Å². The third-order valence-corrected chi connectivity index (χ3v) is 4.49. The van der Waals surface area contributed by atoms with Crippen LogP contribution in [-0.2, 0) is 20.9 Å². The highest BCUT2D eigenvalue weighted by Crippen LogP contribution is 2.30. The zero-order chi connectivity index (χ0) is 21.0. The average Bonchev–Trinajstić information content (AvgIpc) is 2.95. The van der Waals surface area contributed by atoms with Crippen molar-refractivity contribution in [2.24, 2.45) is 0 Å². The molecule has 0 bridgehead atoms. The second kappa shape index (κ2) is 8.60. The summed E-state index contributed by atoms with van der Waals surface area (Å²) in [5.41, 5.74) is 1.42. The van der Waals surface area contributed by atoms with Gasteiger partial charge in [-0.1, -0.05) is 31.2 Å². The summed E-state index contributed by atoms with van der Waals surface area (Å²) >= 11 is 0. The Hall–Kier alpha value is -3.61. The van der Waals surface area contributed by atoms with E-state index in [9.17, 15) is 19.5 Å². The number of esters is 1. The predicted octanol–water partition coefficient (Wildman–Crippen LogP) is 3.10. The minimum absolute atomic E-state index is 0.0222. The normalized spacial score (nSPS) is 13.8. The van der Waals surface area contributed by atoms with E-state index in [0.717, 1.165) is 11.3 Å². The molecule has 1 aliphatic rings. The second-order valence-electron chi connectivity index (χ2n) is 6.48. The number of carbonyl (C=O) groups is 3. The van der Waals surface area contributed by atoms with Crippen molar-refractivity contribution in [1.29, 1.82) is 0 Å². The van der Waals surface area contributed by atoms with E-state index in [4.69, 9.17) is 9.47 Å². The molecule has 2 aromatic rings. The molecule has 0 saturated heterocycles. The van der Waals surface area contributed by atoms with E-state index in [2.05, 4.69) is 0 Å². The van der Waals surface area contributed by atoms with Crippen LogP contribution in [0.3, 0.4) is 0 Å². The number of rotatable bonds is 7. The number of aliphatic hydroxyl groups is 1. The molecule has 7 nitrogen and oxygen atoms in total. The molecule has 2 amide bonds. The van der Waals surface area contributed by atoms with Gasteiger partial charge in [-0.3, -0.25) is 14.5 Å². The van der Waals surface area contributed by atoms with Gasteiger partial charge in [0.1, 0.15) is 5.75 Å². The topological polar surface area (TPSA) is 93.1 Å². The maximum absolute atomic E-state index is 12.8. The van der Waals surface area contributed by atoms with Gasteiger partial charge in [0.05, 0.1) is 31.4 Å². The van der Waals surface area contributed by atoms with E-state index in [-0.39, 0.29) is 12.1 Å². The number of hydrogen-bond acceptors (Lipinski definition) is 6. The smallest absolute Gasteiger partial charge is 0.338 e. The van der Waals surface area contributed by atoms with Crippen LogP contribution in [0.5, 0.6) is 5.75 Å². The summed E-state index contributed by atoms with van der Waals surface area (Å²) in [6, 6.07) is 13.0. The number of amides is 2. The van der Waals surface area contributed by atoms with E-state index < -0.39 is 23.5 Å². The molecule has 0 saturated carbocycles. The second-order valence-corrected chi connectivity index (χ2v) is 6.48. The molecule has 0 aliphatic carbocycles. The largest absolute Gasteiger partial charge is 0.502 e. The number of nitrogens with zero attached hydrogens (tertiary/aromatic N) is 1. The number of hydrogen-bond donors (Lipinski definition) is 1. The van der Waals surface area contributed by atoms with Crippen LogP contribution in [0.4, 0.5) is 0 Å². The Kier molecular flexibility index (Phi) is 5.97. The monoisotopic (exact) mass is 395 g/mol. The van der Waals surface area contributed by atoms with E-state index in [1.54, 1.807) is 48.5 Å². The molecular weight excluding hydrogens is 374 g/mol. The zero-order valence-electron chi connectivity index (χ0n) is 16.2. The Morgan fingerprint density at radius 1 is 1.00 bits per heavy atom.